The van der Waals surface area contributed by atoms with Crippen LogP contribution in [0.4, 0.5) is 0 Å². The minimum atomic E-state index is 0.0940. The van der Waals surface area contributed by atoms with Gasteiger partial charge in [0.05, 0.1) is 10.2 Å². The molecule has 0 bridgehead atoms. The molecule has 3 rings (SSSR count). The first-order valence-electron chi connectivity index (χ1n) is 5.87. The SMILES string of the molecule is CC(=O)c1ccc(Sc2nc3ccccc3s2)cc1. The lowest BCUT2D eigenvalue weighted by molar-refractivity contribution is 0.101. The number of rotatable bonds is 3. The minimum absolute atomic E-state index is 0.0940. The van der Waals surface area contributed by atoms with Crippen LogP contribution in [0.25, 0.3) is 10.2 Å². The Morgan fingerprint density at radius 2 is 1.84 bits per heavy atom. The molecule has 0 N–H and O–H groups in total. The Balaban J connectivity index is 1.86. The van der Waals surface area contributed by atoms with Crippen LogP contribution in [-0.2, 0) is 0 Å². The highest BCUT2D eigenvalue weighted by Crippen LogP contribution is 2.34. The first-order valence-corrected chi connectivity index (χ1v) is 7.50. The number of nitrogens with zero attached hydrogens (tertiary/aromatic N) is 1. The topological polar surface area (TPSA) is 30.0 Å². The second-order valence-electron chi connectivity index (χ2n) is 4.13. The minimum Gasteiger partial charge on any atom is -0.295 e. The number of para-hydroxylation sites is 1. The highest BCUT2D eigenvalue weighted by atomic mass is 32.2. The van der Waals surface area contributed by atoms with Crippen molar-refractivity contribution in [2.24, 2.45) is 0 Å². The summed E-state index contributed by atoms with van der Waals surface area (Å²) >= 11 is 3.32. The lowest BCUT2D eigenvalue weighted by Crippen LogP contribution is -1.90. The Morgan fingerprint density at radius 3 is 2.53 bits per heavy atom. The summed E-state index contributed by atoms with van der Waals surface area (Å²) in [4.78, 5) is 16.9. The third-order valence-corrected chi connectivity index (χ3v) is 4.85. The molecule has 0 atom stereocenters. The van der Waals surface area contributed by atoms with Gasteiger partial charge in [0, 0.05) is 10.5 Å². The molecule has 1 aromatic heterocycles. The van der Waals surface area contributed by atoms with E-state index in [1.807, 2.05) is 42.5 Å². The van der Waals surface area contributed by atoms with Gasteiger partial charge in [-0.3, -0.25) is 4.79 Å². The number of fused-ring (bicyclic) bond motifs is 1. The maximum Gasteiger partial charge on any atom is 0.159 e. The van der Waals surface area contributed by atoms with Crippen molar-refractivity contribution in [3.8, 4) is 0 Å². The molecule has 0 amide bonds. The third-order valence-electron chi connectivity index (χ3n) is 2.74. The van der Waals surface area contributed by atoms with E-state index in [0.717, 1.165) is 20.3 Å². The van der Waals surface area contributed by atoms with Crippen LogP contribution < -0.4 is 0 Å². The van der Waals surface area contributed by atoms with E-state index in [0.29, 0.717) is 0 Å². The molecular weight excluding hydrogens is 274 g/mol. The van der Waals surface area contributed by atoms with Crippen molar-refractivity contribution >= 4 is 39.1 Å². The van der Waals surface area contributed by atoms with Crippen LogP contribution in [-0.4, -0.2) is 10.8 Å². The monoisotopic (exact) mass is 285 g/mol. The average molecular weight is 285 g/mol. The number of thiazole rings is 1. The molecule has 0 saturated carbocycles. The second-order valence-corrected chi connectivity index (χ2v) is 6.48. The molecule has 94 valence electrons. The number of Topliss-reactive ketones (excluding diaryl/α,β-unsaturated/α-hetero) is 1. The number of aromatic nitrogens is 1. The number of carbonyl (C=O) groups is 1. The maximum atomic E-state index is 11.2. The van der Waals surface area contributed by atoms with Crippen LogP contribution >= 0.6 is 23.1 Å². The van der Waals surface area contributed by atoms with Crippen molar-refractivity contribution in [3.63, 3.8) is 0 Å². The first kappa shape index (κ1) is 12.4. The lowest BCUT2D eigenvalue weighted by Gasteiger charge is -1.99. The Bertz CT molecular complexity index is 698. The molecule has 0 aliphatic carbocycles. The van der Waals surface area contributed by atoms with Crippen molar-refractivity contribution < 1.29 is 4.79 Å². The van der Waals surface area contributed by atoms with Crippen LogP contribution in [0.5, 0.6) is 0 Å². The second kappa shape index (κ2) is 5.15. The van der Waals surface area contributed by atoms with Crippen LogP contribution in [0, 0.1) is 0 Å². The van der Waals surface area contributed by atoms with Gasteiger partial charge in [-0.05, 0) is 31.2 Å². The zero-order valence-electron chi connectivity index (χ0n) is 10.3. The van der Waals surface area contributed by atoms with Gasteiger partial charge < -0.3 is 0 Å². The summed E-state index contributed by atoms with van der Waals surface area (Å²) in [5.41, 5.74) is 1.78. The maximum absolute atomic E-state index is 11.2. The van der Waals surface area contributed by atoms with E-state index in [4.69, 9.17) is 0 Å². The van der Waals surface area contributed by atoms with Crippen LogP contribution in [0.2, 0.25) is 0 Å². The lowest BCUT2D eigenvalue weighted by atomic mass is 10.2. The summed E-state index contributed by atoms with van der Waals surface area (Å²) in [5, 5.41) is 0. The van der Waals surface area contributed by atoms with E-state index in [1.54, 1.807) is 30.0 Å². The standard InChI is InChI=1S/C15H11NOS2/c1-10(17)11-6-8-12(9-7-11)18-15-16-13-4-2-3-5-14(13)19-15/h2-9H,1H3. The number of benzene rings is 2. The van der Waals surface area contributed by atoms with Crippen molar-refractivity contribution in [1.82, 2.24) is 4.98 Å². The normalized spacial score (nSPS) is 10.8. The van der Waals surface area contributed by atoms with E-state index in [-0.39, 0.29) is 5.78 Å². The molecule has 0 saturated heterocycles. The van der Waals surface area contributed by atoms with Crippen LogP contribution in [0.3, 0.4) is 0 Å². The van der Waals surface area contributed by atoms with E-state index in [1.165, 1.54) is 4.70 Å². The summed E-state index contributed by atoms with van der Waals surface area (Å²) < 4.78 is 2.22. The molecule has 2 nitrogen and oxygen atoms in total. The molecule has 0 radical (unpaired) electrons. The molecular formula is C15H11NOS2. The van der Waals surface area contributed by atoms with Gasteiger partial charge in [0.1, 0.15) is 0 Å². The molecule has 0 aliphatic rings. The van der Waals surface area contributed by atoms with E-state index < -0.39 is 0 Å². The fraction of sp³-hybridized carbons (Fsp3) is 0.0667. The molecule has 19 heavy (non-hydrogen) atoms. The van der Waals surface area contributed by atoms with Gasteiger partial charge in [0.2, 0.25) is 0 Å². The Morgan fingerprint density at radius 1 is 1.11 bits per heavy atom. The van der Waals surface area contributed by atoms with Gasteiger partial charge in [-0.15, -0.1) is 11.3 Å². The largest absolute Gasteiger partial charge is 0.295 e. The Labute approximate surface area is 119 Å². The van der Waals surface area contributed by atoms with Gasteiger partial charge in [-0.25, -0.2) is 4.98 Å². The summed E-state index contributed by atoms with van der Waals surface area (Å²) in [6.45, 7) is 1.58. The number of carbonyl (C=O) groups excluding carboxylic acids is 1. The number of hydrogen-bond acceptors (Lipinski definition) is 4. The summed E-state index contributed by atoms with van der Waals surface area (Å²) in [5.74, 6) is 0.0940. The molecule has 3 aromatic rings. The summed E-state index contributed by atoms with van der Waals surface area (Å²) in [6, 6.07) is 15.8. The fourth-order valence-corrected chi connectivity index (χ4v) is 3.79. The van der Waals surface area contributed by atoms with Gasteiger partial charge in [0.25, 0.3) is 0 Å². The van der Waals surface area contributed by atoms with Crippen molar-refractivity contribution in [2.45, 2.75) is 16.2 Å². The van der Waals surface area contributed by atoms with Gasteiger partial charge in [-0.1, -0.05) is 36.0 Å². The highest BCUT2D eigenvalue weighted by Gasteiger charge is 2.05. The van der Waals surface area contributed by atoms with Crippen LogP contribution in [0.1, 0.15) is 17.3 Å². The molecule has 4 heteroatoms. The van der Waals surface area contributed by atoms with Gasteiger partial charge in [0.15, 0.2) is 10.1 Å². The molecule has 0 spiro atoms. The summed E-state index contributed by atoms with van der Waals surface area (Å²) in [7, 11) is 0. The smallest absolute Gasteiger partial charge is 0.159 e. The van der Waals surface area contributed by atoms with E-state index in [2.05, 4.69) is 11.1 Å². The summed E-state index contributed by atoms with van der Waals surface area (Å²) in [6.07, 6.45) is 0. The number of ketones is 1. The quantitative estimate of drug-likeness (QED) is 0.656. The zero-order chi connectivity index (χ0) is 13.2. The first-order chi connectivity index (χ1) is 9.22. The van der Waals surface area contributed by atoms with Crippen LogP contribution in [0.15, 0.2) is 57.8 Å². The molecule has 2 aromatic carbocycles. The zero-order valence-corrected chi connectivity index (χ0v) is 11.9. The predicted octanol–water partition coefficient (Wildman–Crippen LogP) is 4.65. The van der Waals surface area contributed by atoms with Crippen molar-refractivity contribution in [2.75, 3.05) is 0 Å². The van der Waals surface area contributed by atoms with Crippen molar-refractivity contribution in [1.29, 1.82) is 0 Å². The predicted molar refractivity (Wildman–Crippen MR) is 80.2 cm³/mol. The molecule has 0 fully saturated rings. The molecule has 0 aliphatic heterocycles. The average Bonchev–Trinajstić information content (AvgIpc) is 2.81. The third kappa shape index (κ3) is 2.69. The van der Waals surface area contributed by atoms with Crippen molar-refractivity contribution in [3.05, 3.63) is 54.1 Å². The van der Waals surface area contributed by atoms with Gasteiger partial charge >= 0.3 is 0 Å². The van der Waals surface area contributed by atoms with E-state index in [9.17, 15) is 4.79 Å². The number of hydrogen-bond donors (Lipinski definition) is 0. The molecule has 1 heterocycles. The Kier molecular flexibility index (Phi) is 3.36. The highest BCUT2D eigenvalue weighted by molar-refractivity contribution is 8.01. The fourth-order valence-electron chi connectivity index (χ4n) is 1.75. The molecule has 0 unspecified atom stereocenters. The Hall–Kier alpha value is -1.65. The van der Waals surface area contributed by atoms with E-state index >= 15 is 0 Å². The van der Waals surface area contributed by atoms with Gasteiger partial charge in [-0.2, -0.15) is 0 Å².